The van der Waals surface area contributed by atoms with Crippen LogP contribution in [-0.4, -0.2) is 24.9 Å². The van der Waals surface area contributed by atoms with Gasteiger partial charge in [-0.05, 0) is 25.0 Å². The SMILES string of the molecule is CCC(CCCl)NC(=O)c1ccc(OC)cc1F. The molecule has 5 heteroatoms. The molecule has 100 valence electrons. The minimum Gasteiger partial charge on any atom is -0.497 e. The summed E-state index contributed by atoms with van der Waals surface area (Å²) in [5.41, 5.74) is 0.0174. The number of hydrogen-bond acceptors (Lipinski definition) is 2. The molecule has 1 aromatic carbocycles. The number of rotatable bonds is 6. The van der Waals surface area contributed by atoms with Crippen molar-refractivity contribution < 1.29 is 13.9 Å². The van der Waals surface area contributed by atoms with E-state index in [0.717, 1.165) is 6.42 Å². The summed E-state index contributed by atoms with van der Waals surface area (Å²) >= 11 is 5.63. The highest BCUT2D eigenvalue weighted by Crippen LogP contribution is 2.16. The molecule has 0 aromatic heterocycles. The number of carbonyl (C=O) groups is 1. The third-order valence-electron chi connectivity index (χ3n) is 2.71. The molecule has 1 N–H and O–H groups in total. The Morgan fingerprint density at radius 3 is 2.78 bits per heavy atom. The van der Waals surface area contributed by atoms with Gasteiger partial charge in [0.1, 0.15) is 11.6 Å². The maximum atomic E-state index is 13.7. The standard InChI is InChI=1S/C13H17ClFNO2/c1-3-9(6-7-14)16-13(17)11-5-4-10(18-2)8-12(11)15/h4-5,8-9H,3,6-7H2,1-2H3,(H,16,17). The highest BCUT2D eigenvalue weighted by Gasteiger charge is 2.15. The first kappa shape index (κ1) is 14.8. The van der Waals surface area contributed by atoms with Crippen LogP contribution in [0.5, 0.6) is 5.75 Å². The summed E-state index contributed by atoms with van der Waals surface area (Å²) in [4.78, 5) is 11.9. The van der Waals surface area contributed by atoms with E-state index in [-0.39, 0.29) is 11.6 Å². The van der Waals surface area contributed by atoms with Crippen LogP contribution in [0.1, 0.15) is 30.1 Å². The Balaban J connectivity index is 2.77. The summed E-state index contributed by atoms with van der Waals surface area (Å²) in [6.07, 6.45) is 1.43. The van der Waals surface area contributed by atoms with E-state index in [1.54, 1.807) is 6.07 Å². The number of nitrogens with one attached hydrogen (secondary N) is 1. The molecular weight excluding hydrogens is 257 g/mol. The minimum atomic E-state index is -0.590. The molecule has 1 amide bonds. The molecule has 0 heterocycles. The van der Waals surface area contributed by atoms with Gasteiger partial charge in [-0.2, -0.15) is 0 Å². The van der Waals surface area contributed by atoms with Crippen LogP contribution in [0.3, 0.4) is 0 Å². The van der Waals surface area contributed by atoms with Gasteiger partial charge in [-0.3, -0.25) is 4.79 Å². The maximum absolute atomic E-state index is 13.7. The summed E-state index contributed by atoms with van der Waals surface area (Å²) in [7, 11) is 1.45. The zero-order valence-corrected chi connectivity index (χ0v) is 11.3. The fraction of sp³-hybridized carbons (Fsp3) is 0.462. The van der Waals surface area contributed by atoms with Crippen molar-refractivity contribution in [2.45, 2.75) is 25.8 Å². The molecule has 0 fully saturated rings. The molecule has 0 aliphatic heterocycles. The molecule has 0 spiro atoms. The second-order valence-corrected chi connectivity index (χ2v) is 4.28. The van der Waals surface area contributed by atoms with E-state index in [2.05, 4.69) is 5.32 Å². The van der Waals surface area contributed by atoms with Gasteiger partial charge in [0.15, 0.2) is 0 Å². The van der Waals surface area contributed by atoms with Crippen molar-refractivity contribution in [3.8, 4) is 5.75 Å². The molecule has 1 atom stereocenters. The van der Waals surface area contributed by atoms with Crippen LogP contribution in [-0.2, 0) is 0 Å². The Kier molecular flexibility index (Phi) is 5.92. The van der Waals surface area contributed by atoms with Gasteiger partial charge < -0.3 is 10.1 Å². The Morgan fingerprint density at radius 2 is 2.28 bits per heavy atom. The first-order valence-electron chi connectivity index (χ1n) is 5.82. The summed E-state index contributed by atoms with van der Waals surface area (Å²) in [6.45, 7) is 1.95. The van der Waals surface area contributed by atoms with Crippen molar-refractivity contribution in [2.24, 2.45) is 0 Å². The van der Waals surface area contributed by atoms with Crippen molar-refractivity contribution in [1.82, 2.24) is 5.32 Å². The van der Waals surface area contributed by atoms with Crippen LogP contribution in [0.25, 0.3) is 0 Å². The van der Waals surface area contributed by atoms with Crippen molar-refractivity contribution in [3.63, 3.8) is 0 Å². The monoisotopic (exact) mass is 273 g/mol. The van der Waals surface area contributed by atoms with Gasteiger partial charge in [0.2, 0.25) is 0 Å². The zero-order valence-electron chi connectivity index (χ0n) is 10.5. The van der Waals surface area contributed by atoms with E-state index in [9.17, 15) is 9.18 Å². The first-order valence-corrected chi connectivity index (χ1v) is 6.36. The van der Waals surface area contributed by atoms with E-state index in [1.165, 1.54) is 19.2 Å². The number of benzene rings is 1. The van der Waals surface area contributed by atoms with Crippen molar-refractivity contribution in [3.05, 3.63) is 29.6 Å². The van der Waals surface area contributed by atoms with Gasteiger partial charge in [0.05, 0.1) is 12.7 Å². The van der Waals surface area contributed by atoms with Crippen molar-refractivity contribution in [1.29, 1.82) is 0 Å². The van der Waals surface area contributed by atoms with Gasteiger partial charge in [-0.25, -0.2) is 4.39 Å². The third-order valence-corrected chi connectivity index (χ3v) is 2.92. The molecule has 0 bridgehead atoms. The molecule has 0 aliphatic rings. The lowest BCUT2D eigenvalue weighted by atomic mass is 10.1. The molecule has 0 radical (unpaired) electrons. The average molecular weight is 274 g/mol. The molecular formula is C13H17ClFNO2. The van der Waals surface area contributed by atoms with E-state index in [4.69, 9.17) is 16.3 Å². The highest BCUT2D eigenvalue weighted by molar-refractivity contribution is 6.17. The van der Waals surface area contributed by atoms with Gasteiger partial charge in [0.25, 0.3) is 5.91 Å². The fourth-order valence-electron chi connectivity index (χ4n) is 1.58. The average Bonchev–Trinajstić information content (AvgIpc) is 2.37. The lowest BCUT2D eigenvalue weighted by Gasteiger charge is -2.16. The molecule has 0 saturated carbocycles. The quantitative estimate of drug-likeness (QED) is 0.809. The molecule has 1 unspecified atom stereocenters. The molecule has 18 heavy (non-hydrogen) atoms. The normalized spacial score (nSPS) is 12.0. The predicted molar refractivity (Wildman–Crippen MR) is 69.8 cm³/mol. The van der Waals surface area contributed by atoms with Crippen molar-refractivity contribution in [2.75, 3.05) is 13.0 Å². The Morgan fingerprint density at radius 1 is 1.56 bits per heavy atom. The van der Waals surface area contributed by atoms with E-state index >= 15 is 0 Å². The first-order chi connectivity index (χ1) is 8.62. The largest absolute Gasteiger partial charge is 0.497 e. The van der Waals surface area contributed by atoms with Gasteiger partial charge >= 0.3 is 0 Å². The van der Waals surface area contributed by atoms with Crippen LogP contribution in [0, 0.1) is 5.82 Å². The van der Waals surface area contributed by atoms with Gasteiger partial charge in [-0.15, -0.1) is 11.6 Å². The Labute approximate surface area is 111 Å². The molecule has 1 rings (SSSR count). The predicted octanol–water partition coefficient (Wildman–Crippen LogP) is 2.97. The fourth-order valence-corrected chi connectivity index (χ4v) is 1.84. The second-order valence-electron chi connectivity index (χ2n) is 3.90. The summed E-state index contributed by atoms with van der Waals surface area (Å²) in [5, 5.41) is 2.76. The zero-order chi connectivity index (χ0) is 13.5. The molecule has 3 nitrogen and oxygen atoms in total. The second kappa shape index (κ2) is 7.21. The number of halogens is 2. The van der Waals surface area contributed by atoms with E-state index in [0.29, 0.717) is 18.1 Å². The topological polar surface area (TPSA) is 38.3 Å². The van der Waals surface area contributed by atoms with Crippen LogP contribution < -0.4 is 10.1 Å². The summed E-state index contributed by atoms with van der Waals surface area (Å²) in [5.74, 6) is -0.166. The smallest absolute Gasteiger partial charge is 0.254 e. The van der Waals surface area contributed by atoms with Crippen molar-refractivity contribution >= 4 is 17.5 Å². The van der Waals surface area contributed by atoms with Crippen LogP contribution in [0.4, 0.5) is 4.39 Å². The Bertz CT molecular complexity index is 412. The number of methoxy groups -OCH3 is 1. The number of hydrogen-bond donors (Lipinski definition) is 1. The van der Waals surface area contributed by atoms with Crippen LogP contribution in [0.2, 0.25) is 0 Å². The molecule has 0 aliphatic carbocycles. The van der Waals surface area contributed by atoms with E-state index in [1.807, 2.05) is 6.92 Å². The lowest BCUT2D eigenvalue weighted by molar-refractivity contribution is 0.0931. The number of ether oxygens (including phenoxy) is 1. The summed E-state index contributed by atoms with van der Waals surface area (Å²) in [6, 6.07) is 4.13. The number of alkyl halides is 1. The minimum absolute atomic E-state index is 0.0174. The van der Waals surface area contributed by atoms with Gasteiger partial charge in [-0.1, -0.05) is 6.92 Å². The van der Waals surface area contributed by atoms with E-state index < -0.39 is 11.7 Å². The third kappa shape index (κ3) is 3.88. The lowest BCUT2D eigenvalue weighted by Crippen LogP contribution is -2.35. The number of carbonyl (C=O) groups excluding carboxylic acids is 1. The highest BCUT2D eigenvalue weighted by atomic mass is 35.5. The molecule has 0 saturated heterocycles. The number of amides is 1. The summed E-state index contributed by atoms with van der Waals surface area (Å²) < 4.78 is 18.5. The van der Waals surface area contributed by atoms with Gasteiger partial charge in [0, 0.05) is 18.0 Å². The molecule has 1 aromatic rings. The Hall–Kier alpha value is -1.29. The maximum Gasteiger partial charge on any atom is 0.254 e. The van der Waals surface area contributed by atoms with Crippen LogP contribution in [0.15, 0.2) is 18.2 Å². The van der Waals surface area contributed by atoms with Crippen LogP contribution >= 0.6 is 11.6 Å².